The molecule has 1 atom stereocenters. The first-order valence-electron chi connectivity index (χ1n) is 8.55. The second kappa shape index (κ2) is 10.6. The molecule has 24 heavy (non-hydrogen) atoms. The number of rotatable bonds is 4. The van der Waals surface area contributed by atoms with E-state index < -0.39 is 0 Å². The van der Waals surface area contributed by atoms with Gasteiger partial charge < -0.3 is 4.90 Å². The van der Waals surface area contributed by atoms with Gasteiger partial charge in [0.05, 0.1) is 6.04 Å². The fourth-order valence-corrected chi connectivity index (χ4v) is 4.36. The molecular weight excluding hydrogens is 365 g/mol. The van der Waals surface area contributed by atoms with Crippen molar-refractivity contribution in [3.63, 3.8) is 0 Å². The van der Waals surface area contributed by atoms with Gasteiger partial charge in [-0.15, -0.1) is 36.2 Å². The van der Waals surface area contributed by atoms with Crippen LogP contribution in [-0.4, -0.2) is 65.9 Å². The number of hydrogen-bond donors (Lipinski definition) is 0. The number of carbonyl (C=O) groups is 1. The fourth-order valence-electron chi connectivity index (χ4n) is 3.61. The first kappa shape index (κ1) is 21.7. The molecule has 0 N–H and O–H groups in total. The molecule has 4 nitrogen and oxygen atoms in total. The average molecular weight is 394 g/mol. The molecule has 1 aromatic heterocycles. The summed E-state index contributed by atoms with van der Waals surface area (Å²) in [5.41, 5.74) is 0. The summed E-state index contributed by atoms with van der Waals surface area (Å²) in [7, 11) is 0. The van der Waals surface area contributed by atoms with E-state index in [9.17, 15) is 4.79 Å². The molecule has 1 aromatic rings. The molecular formula is C17H29Cl2N3OS. The second-order valence-corrected chi connectivity index (χ2v) is 7.35. The Morgan fingerprint density at radius 3 is 2.54 bits per heavy atom. The van der Waals surface area contributed by atoms with Crippen LogP contribution in [0.4, 0.5) is 0 Å². The van der Waals surface area contributed by atoms with Crippen molar-refractivity contribution in [1.29, 1.82) is 0 Å². The van der Waals surface area contributed by atoms with Crippen molar-refractivity contribution >= 4 is 42.1 Å². The standard InChI is InChI=1S/C17H27N3OS.2ClH/c1-2-19-8-4-3-7-16(19)17(21)20-11-9-18(10-12-20)14-15-6-5-13-22-15;;/h5-6,13,16H,2-4,7-12,14H2,1H3;2*1H/t16-;;/m0../s1. The number of halogens is 2. The maximum atomic E-state index is 12.8. The van der Waals surface area contributed by atoms with E-state index in [-0.39, 0.29) is 30.9 Å². The third-order valence-electron chi connectivity index (χ3n) is 4.95. The zero-order valence-corrected chi connectivity index (χ0v) is 16.8. The van der Waals surface area contributed by atoms with Crippen molar-refractivity contribution in [3.05, 3.63) is 22.4 Å². The number of likely N-dealkylation sites (N-methyl/N-ethyl adjacent to an activating group) is 1. The average Bonchev–Trinajstić information content (AvgIpc) is 3.08. The molecule has 0 aromatic carbocycles. The number of hydrogen-bond acceptors (Lipinski definition) is 4. The van der Waals surface area contributed by atoms with Crippen LogP contribution >= 0.6 is 36.2 Å². The first-order valence-corrected chi connectivity index (χ1v) is 9.43. The normalized spacial score (nSPS) is 22.5. The lowest BCUT2D eigenvalue weighted by atomic mass is 10.0. The highest BCUT2D eigenvalue weighted by atomic mass is 35.5. The molecule has 0 saturated carbocycles. The van der Waals surface area contributed by atoms with Crippen LogP contribution in [0.3, 0.4) is 0 Å². The van der Waals surface area contributed by atoms with Gasteiger partial charge in [0.25, 0.3) is 0 Å². The summed E-state index contributed by atoms with van der Waals surface area (Å²) in [6, 6.07) is 4.45. The van der Waals surface area contributed by atoms with Crippen LogP contribution in [0.25, 0.3) is 0 Å². The zero-order valence-electron chi connectivity index (χ0n) is 14.4. The Morgan fingerprint density at radius 1 is 1.17 bits per heavy atom. The Morgan fingerprint density at radius 2 is 1.92 bits per heavy atom. The van der Waals surface area contributed by atoms with E-state index >= 15 is 0 Å². The predicted octanol–water partition coefficient (Wildman–Crippen LogP) is 3.11. The van der Waals surface area contributed by atoms with Crippen molar-refractivity contribution in [1.82, 2.24) is 14.7 Å². The third kappa shape index (κ3) is 5.33. The van der Waals surface area contributed by atoms with Crippen molar-refractivity contribution in [3.8, 4) is 0 Å². The van der Waals surface area contributed by atoms with Gasteiger partial charge in [-0.2, -0.15) is 0 Å². The summed E-state index contributed by atoms with van der Waals surface area (Å²) in [5.74, 6) is 0.373. The lowest BCUT2D eigenvalue weighted by Crippen LogP contribution is -2.55. The summed E-state index contributed by atoms with van der Waals surface area (Å²) < 4.78 is 0. The van der Waals surface area contributed by atoms with Crippen molar-refractivity contribution in [2.45, 2.75) is 38.8 Å². The number of thiophene rings is 1. The zero-order chi connectivity index (χ0) is 15.4. The molecule has 138 valence electrons. The van der Waals surface area contributed by atoms with Crippen LogP contribution in [0.5, 0.6) is 0 Å². The number of piperazine rings is 1. The number of amides is 1. The summed E-state index contributed by atoms with van der Waals surface area (Å²) in [6.07, 6.45) is 3.49. The number of piperidine rings is 1. The van der Waals surface area contributed by atoms with E-state index in [1.54, 1.807) is 0 Å². The van der Waals surface area contributed by atoms with Gasteiger partial charge in [0.1, 0.15) is 0 Å². The van der Waals surface area contributed by atoms with Gasteiger partial charge in [-0.05, 0) is 37.4 Å². The molecule has 2 fully saturated rings. The monoisotopic (exact) mass is 393 g/mol. The van der Waals surface area contributed by atoms with Gasteiger partial charge in [0.2, 0.25) is 5.91 Å². The highest BCUT2D eigenvalue weighted by Crippen LogP contribution is 2.20. The van der Waals surface area contributed by atoms with E-state index in [4.69, 9.17) is 0 Å². The van der Waals surface area contributed by atoms with Crippen molar-refractivity contribution in [2.24, 2.45) is 0 Å². The van der Waals surface area contributed by atoms with Crippen LogP contribution in [-0.2, 0) is 11.3 Å². The molecule has 0 radical (unpaired) electrons. The maximum absolute atomic E-state index is 12.8. The van der Waals surface area contributed by atoms with Gasteiger partial charge in [0.15, 0.2) is 0 Å². The van der Waals surface area contributed by atoms with Gasteiger partial charge in [-0.25, -0.2) is 0 Å². The van der Waals surface area contributed by atoms with Crippen LogP contribution in [0.15, 0.2) is 17.5 Å². The molecule has 2 saturated heterocycles. The molecule has 3 heterocycles. The Hall–Kier alpha value is -0.330. The third-order valence-corrected chi connectivity index (χ3v) is 5.81. The fraction of sp³-hybridized carbons (Fsp3) is 0.706. The molecule has 0 bridgehead atoms. The molecule has 7 heteroatoms. The molecule has 2 aliphatic heterocycles. The van der Waals surface area contributed by atoms with E-state index in [0.717, 1.165) is 52.2 Å². The Bertz CT molecular complexity index is 478. The minimum atomic E-state index is 0. The summed E-state index contributed by atoms with van der Waals surface area (Å²) in [5, 5.41) is 2.14. The Balaban J connectivity index is 0.00000144. The second-order valence-electron chi connectivity index (χ2n) is 6.32. The van der Waals surface area contributed by atoms with Crippen LogP contribution in [0, 0.1) is 0 Å². The molecule has 3 rings (SSSR count). The lowest BCUT2D eigenvalue weighted by Gasteiger charge is -2.40. The van der Waals surface area contributed by atoms with E-state index in [1.165, 1.54) is 17.7 Å². The number of carbonyl (C=O) groups excluding carboxylic acids is 1. The maximum Gasteiger partial charge on any atom is 0.240 e. The molecule has 0 unspecified atom stereocenters. The van der Waals surface area contributed by atoms with Crippen molar-refractivity contribution in [2.75, 3.05) is 39.3 Å². The Labute approximate surface area is 162 Å². The lowest BCUT2D eigenvalue weighted by molar-refractivity contribution is -0.140. The number of likely N-dealkylation sites (tertiary alicyclic amines) is 1. The smallest absolute Gasteiger partial charge is 0.240 e. The topological polar surface area (TPSA) is 26.8 Å². The highest BCUT2D eigenvalue weighted by Gasteiger charge is 2.32. The minimum absolute atomic E-state index is 0. The van der Waals surface area contributed by atoms with Crippen LogP contribution in [0.1, 0.15) is 31.1 Å². The van der Waals surface area contributed by atoms with Gasteiger partial charge in [0, 0.05) is 37.6 Å². The first-order chi connectivity index (χ1) is 10.8. The van der Waals surface area contributed by atoms with Crippen LogP contribution < -0.4 is 0 Å². The quantitative estimate of drug-likeness (QED) is 0.785. The van der Waals surface area contributed by atoms with Gasteiger partial charge in [-0.1, -0.05) is 19.4 Å². The van der Waals surface area contributed by atoms with Gasteiger partial charge >= 0.3 is 0 Å². The van der Waals surface area contributed by atoms with E-state index in [0.29, 0.717) is 5.91 Å². The predicted molar refractivity (Wildman–Crippen MR) is 106 cm³/mol. The van der Waals surface area contributed by atoms with E-state index in [1.807, 2.05) is 11.3 Å². The van der Waals surface area contributed by atoms with Crippen LogP contribution in [0.2, 0.25) is 0 Å². The molecule has 0 aliphatic carbocycles. The van der Waals surface area contributed by atoms with Gasteiger partial charge in [-0.3, -0.25) is 14.6 Å². The molecule has 0 spiro atoms. The largest absolute Gasteiger partial charge is 0.339 e. The van der Waals surface area contributed by atoms with Crippen molar-refractivity contribution < 1.29 is 4.79 Å². The summed E-state index contributed by atoms with van der Waals surface area (Å²) in [4.78, 5) is 21.2. The molecule has 1 amide bonds. The summed E-state index contributed by atoms with van der Waals surface area (Å²) >= 11 is 1.82. The van der Waals surface area contributed by atoms with E-state index in [2.05, 4.69) is 39.1 Å². The minimum Gasteiger partial charge on any atom is -0.339 e. The number of nitrogens with zero attached hydrogens (tertiary/aromatic N) is 3. The Kier molecular flexibility index (Phi) is 9.60. The molecule has 2 aliphatic rings. The summed E-state index contributed by atoms with van der Waals surface area (Å²) in [6.45, 7) is 9.07. The highest BCUT2D eigenvalue weighted by molar-refractivity contribution is 7.09. The SMILES string of the molecule is CCN1CCCC[C@H]1C(=O)N1CCN(Cc2cccs2)CC1.Cl.Cl.